The summed E-state index contributed by atoms with van der Waals surface area (Å²) in [5.74, 6) is 0.384. The van der Waals surface area contributed by atoms with Crippen LogP contribution < -0.4 is 14.9 Å². The summed E-state index contributed by atoms with van der Waals surface area (Å²) in [5.41, 5.74) is 4.46. The standard InChI is InChI=1S/C19H15ClN2O3S/c1-24-17-10-13(12-21-22-15-5-2-4-14(20)11-15)7-8-16(17)25-19(23)18-6-3-9-26-18/h2-12,22H,1H3/b21-12+. The molecule has 0 aliphatic heterocycles. The molecule has 0 amide bonds. The van der Waals surface area contributed by atoms with Gasteiger partial charge in [-0.1, -0.05) is 23.7 Å². The van der Waals surface area contributed by atoms with E-state index in [-0.39, 0.29) is 0 Å². The number of carbonyl (C=O) groups excluding carboxylic acids is 1. The van der Waals surface area contributed by atoms with E-state index in [4.69, 9.17) is 21.1 Å². The van der Waals surface area contributed by atoms with E-state index < -0.39 is 5.97 Å². The van der Waals surface area contributed by atoms with Gasteiger partial charge in [-0.05, 0) is 53.4 Å². The number of halogens is 1. The Morgan fingerprint density at radius 3 is 2.77 bits per heavy atom. The fraction of sp³-hybridized carbons (Fsp3) is 0.0526. The first kappa shape index (κ1) is 18.0. The number of ether oxygens (including phenoxy) is 2. The van der Waals surface area contributed by atoms with Gasteiger partial charge in [0.25, 0.3) is 0 Å². The first-order chi connectivity index (χ1) is 12.7. The first-order valence-electron chi connectivity index (χ1n) is 7.64. The highest BCUT2D eigenvalue weighted by atomic mass is 35.5. The van der Waals surface area contributed by atoms with E-state index in [1.165, 1.54) is 18.4 Å². The number of thiophene rings is 1. The number of rotatable bonds is 6. The lowest BCUT2D eigenvalue weighted by atomic mass is 10.2. The smallest absolute Gasteiger partial charge is 0.353 e. The molecule has 0 saturated carbocycles. The first-order valence-corrected chi connectivity index (χ1v) is 8.90. The fourth-order valence-corrected chi connectivity index (χ4v) is 2.92. The van der Waals surface area contributed by atoms with Crippen LogP contribution in [0.15, 0.2) is 65.1 Å². The molecule has 0 spiro atoms. The van der Waals surface area contributed by atoms with E-state index in [1.807, 2.05) is 17.5 Å². The van der Waals surface area contributed by atoms with Gasteiger partial charge in [0.2, 0.25) is 0 Å². The molecule has 3 aromatic rings. The van der Waals surface area contributed by atoms with Crippen molar-refractivity contribution in [1.82, 2.24) is 0 Å². The van der Waals surface area contributed by atoms with Gasteiger partial charge >= 0.3 is 5.97 Å². The molecule has 26 heavy (non-hydrogen) atoms. The number of hydrazone groups is 1. The molecule has 3 rings (SSSR count). The second-order valence-corrected chi connectivity index (χ2v) is 6.54. The van der Waals surface area contributed by atoms with Gasteiger partial charge in [-0.2, -0.15) is 5.10 Å². The van der Waals surface area contributed by atoms with Crippen LogP contribution in [0.3, 0.4) is 0 Å². The van der Waals surface area contributed by atoms with Gasteiger partial charge in [-0.15, -0.1) is 11.3 Å². The van der Waals surface area contributed by atoms with E-state index in [2.05, 4.69) is 10.5 Å². The van der Waals surface area contributed by atoms with Crippen molar-refractivity contribution in [2.75, 3.05) is 12.5 Å². The fourth-order valence-electron chi connectivity index (χ4n) is 2.13. The molecular weight excluding hydrogens is 372 g/mol. The van der Waals surface area contributed by atoms with Gasteiger partial charge in [-0.3, -0.25) is 5.43 Å². The summed E-state index contributed by atoms with van der Waals surface area (Å²) in [6, 6.07) is 15.9. The Morgan fingerprint density at radius 2 is 2.04 bits per heavy atom. The summed E-state index contributed by atoms with van der Waals surface area (Å²) in [5, 5.41) is 6.61. The number of nitrogens with one attached hydrogen (secondary N) is 1. The van der Waals surface area contributed by atoms with Crippen LogP contribution in [0.1, 0.15) is 15.2 Å². The van der Waals surface area contributed by atoms with Crippen LogP contribution >= 0.6 is 22.9 Å². The number of hydrogen-bond acceptors (Lipinski definition) is 6. The Kier molecular flexibility index (Phi) is 5.88. The van der Waals surface area contributed by atoms with Crippen molar-refractivity contribution in [3.8, 4) is 11.5 Å². The molecular formula is C19H15ClN2O3S. The molecule has 0 radical (unpaired) electrons. The molecule has 0 aliphatic rings. The number of esters is 1. The largest absolute Gasteiger partial charge is 0.493 e. The minimum Gasteiger partial charge on any atom is -0.493 e. The average molecular weight is 387 g/mol. The summed E-state index contributed by atoms with van der Waals surface area (Å²) < 4.78 is 10.7. The van der Waals surface area contributed by atoms with Crippen molar-refractivity contribution in [3.05, 3.63) is 75.4 Å². The van der Waals surface area contributed by atoms with E-state index in [0.717, 1.165) is 11.3 Å². The number of benzene rings is 2. The molecule has 0 aliphatic carbocycles. The zero-order valence-corrected chi connectivity index (χ0v) is 15.4. The quantitative estimate of drug-likeness (QED) is 0.278. The second kappa shape index (κ2) is 8.51. The van der Waals surface area contributed by atoms with Crippen LogP contribution in [0.4, 0.5) is 5.69 Å². The molecule has 5 nitrogen and oxygen atoms in total. The third-order valence-electron chi connectivity index (χ3n) is 3.34. The average Bonchev–Trinajstić information content (AvgIpc) is 3.18. The minimum atomic E-state index is -0.414. The third-order valence-corrected chi connectivity index (χ3v) is 4.43. The molecule has 0 saturated heterocycles. The number of nitrogens with zero attached hydrogens (tertiary/aromatic N) is 1. The summed E-state index contributed by atoms with van der Waals surface area (Å²) in [4.78, 5) is 12.6. The lowest BCUT2D eigenvalue weighted by Crippen LogP contribution is -2.07. The lowest BCUT2D eigenvalue weighted by molar-refractivity contribution is 0.0735. The predicted octanol–water partition coefficient (Wildman–Crippen LogP) is 5.08. The van der Waals surface area contributed by atoms with Gasteiger partial charge in [-0.25, -0.2) is 4.79 Å². The Labute approximate surface area is 159 Å². The molecule has 1 heterocycles. The van der Waals surface area contributed by atoms with E-state index in [1.54, 1.807) is 48.7 Å². The zero-order valence-electron chi connectivity index (χ0n) is 13.8. The summed E-state index contributed by atoms with van der Waals surface area (Å²) >= 11 is 7.25. The second-order valence-electron chi connectivity index (χ2n) is 5.16. The molecule has 7 heteroatoms. The minimum absolute atomic E-state index is 0.353. The van der Waals surface area contributed by atoms with Crippen molar-refractivity contribution >= 4 is 40.8 Å². The SMILES string of the molecule is COc1cc(/C=N/Nc2cccc(Cl)c2)ccc1OC(=O)c1cccs1. The van der Waals surface area contributed by atoms with Crippen molar-refractivity contribution in [2.45, 2.75) is 0 Å². The van der Waals surface area contributed by atoms with Crippen LogP contribution in [-0.4, -0.2) is 19.3 Å². The topological polar surface area (TPSA) is 59.9 Å². The van der Waals surface area contributed by atoms with Gasteiger partial charge < -0.3 is 9.47 Å². The Morgan fingerprint density at radius 1 is 1.15 bits per heavy atom. The Balaban J connectivity index is 1.70. The molecule has 0 unspecified atom stereocenters. The van der Waals surface area contributed by atoms with Crippen molar-refractivity contribution in [1.29, 1.82) is 0 Å². The van der Waals surface area contributed by atoms with Crippen LogP contribution in [0.5, 0.6) is 11.5 Å². The van der Waals surface area contributed by atoms with E-state index in [9.17, 15) is 4.79 Å². The van der Waals surface area contributed by atoms with E-state index in [0.29, 0.717) is 21.4 Å². The van der Waals surface area contributed by atoms with Crippen LogP contribution in [0.2, 0.25) is 5.02 Å². The highest BCUT2D eigenvalue weighted by Crippen LogP contribution is 2.29. The molecule has 0 bridgehead atoms. The number of carbonyl (C=O) groups is 1. The highest BCUT2D eigenvalue weighted by Gasteiger charge is 2.13. The summed E-state index contributed by atoms with van der Waals surface area (Å²) in [7, 11) is 1.52. The Bertz CT molecular complexity index is 926. The Hall–Kier alpha value is -2.83. The van der Waals surface area contributed by atoms with Gasteiger partial charge in [0.05, 0.1) is 19.0 Å². The van der Waals surface area contributed by atoms with Crippen LogP contribution in [0, 0.1) is 0 Å². The maximum atomic E-state index is 12.1. The van der Waals surface area contributed by atoms with Crippen molar-refractivity contribution in [3.63, 3.8) is 0 Å². The summed E-state index contributed by atoms with van der Waals surface area (Å²) in [6.45, 7) is 0. The van der Waals surface area contributed by atoms with E-state index >= 15 is 0 Å². The number of methoxy groups -OCH3 is 1. The molecule has 2 aromatic carbocycles. The maximum Gasteiger partial charge on any atom is 0.353 e. The van der Waals surface area contributed by atoms with Crippen LogP contribution in [0.25, 0.3) is 0 Å². The van der Waals surface area contributed by atoms with Crippen molar-refractivity contribution in [2.24, 2.45) is 5.10 Å². The third kappa shape index (κ3) is 4.62. The maximum absolute atomic E-state index is 12.1. The number of anilines is 1. The monoisotopic (exact) mass is 386 g/mol. The van der Waals surface area contributed by atoms with Crippen molar-refractivity contribution < 1.29 is 14.3 Å². The molecule has 0 fully saturated rings. The molecule has 1 aromatic heterocycles. The van der Waals surface area contributed by atoms with Crippen LogP contribution in [-0.2, 0) is 0 Å². The predicted molar refractivity (Wildman–Crippen MR) is 105 cm³/mol. The summed E-state index contributed by atoms with van der Waals surface area (Å²) in [6.07, 6.45) is 1.63. The van der Waals surface area contributed by atoms with Gasteiger partial charge in [0.1, 0.15) is 4.88 Å². The molecule has 1 N–H and O–H groups in total. The zero-order chi connectivity index (χ0) is 18.4. The normalized spacial score (nSPS) is 10.7. The highest BCUT2D eigenvalue weighted by molar-refractivity contribution is 7.12. The molecule has 0 atom stereocenters. The lowest BCUT2D eigenvalue weighted by Gasteiger charge is -2.09. The molecule has 132 valence electrons. The van der Waals surface area contributed by atoms with Gasteiger partial charge in [0, 0.05) is 5.02 Å². The number of hydrogen-bond donors (Lipinski definition) is 1. The van der Waals surface area contributed by atoms with Gasteiger partial charge in [0.15, 0.2) is 11.5 Å².